The predicted octanol–water partition coefficient (Wildman–Crippen LogP) is 3.72. The third kappa shape index (κ3) is 5.60. The van der Waals surface area contributed by atoms with E-state index in [0.717, 1.165) is 16.7 Å². The van der Waals surface area contributed by atoms with Crippen LogP contribution in [0.1, 0.15) is 31.9 Å². The number of anilines is 1. The molecule has 3 N–H and O–H groups in total. The van der Waals surface area contributed by atoms with E-state index in [1.165, 1.54) is 11.3 Å². The van der Waals surface area contributed by atoms with Gasteiger partial charge in [-0.1, -0.05) is 56.4 Å². The molecule has 0 aliphatic heterocycles. The van der Waals surface area contributed by atoms with Crippen LogP contribution in [0.25, 0.3) is 10.6 Å². The van der Waals surface area contributed by atoms with E-state index in [2.05, 4.69) is 46.6 Å². The fraction of sp³-hybridized carbons (Fsp3) is 0.286. The van der Waals surface area contributed by atoms with Gasteiger partial charge < -0.3 is 10.4 Å². The lowest BCUT2D eigenvalue weighted by atomic mass is 9.85. The second-order valence-corrected chi connectivity index (χ2v) is 8.77. The zero-order chi connectivity index (χ0) is 21.7. The Morgan fingerprint density at radius 3 is 2.53 bits per heavy atom. The lowest BCUT2D eigenvalue weighted by molar-refractivity contribution is -0.118. The van der Waals surface area contributed by atoms with Crippen LogP contribution in [-0.4, -0.2) is 38.3 Å². The minimum atomic E-state index is -1.27. The number of hydrogen-bond acceptors (Lipinski definition) is 6. The van der Waals surface area contributed by atoms with Crippen molar-refractivity contribution in [2.24, 2.45) is 0 Å². The van der Waals surface area contributed by atoms with E-state index in [4.69, 9.17) is 0 Å². The third-order valence-corrected chi connectivity index (χ3v) is 5.32. The molecule has 0 aliphatic rings. The molecule has 9 heteroatoms. The van der Waals surface area contributed by atoms with E-state index >= 15 is 0 Å². The van der Waals surface area contributed by atoms with E-state index in [1.807, 2.05) is 24.3 Å². The molecule has 0 saturated heterocycles. The summed E-state index contributed by atoms with van der Waals surface area (Å²) < 4.78 is 0. The van der Waals surface area contributed by atoms with E-state index in [9.17, 15) is 14.7 Å². The predicted molar refractivity (Wildman–Crippen MR) is 116 cm³/mol. The number of amides is 2. The number of aromatic nitrogens is 3. The van der Waals surface area contributed by atoms with Crippen LogP contribution in [0.3, 0.4) is 0 Å². The highest BCUT2D eigenvalue weighted by Crippen LogP contribution is 2.26. The Labute approximate surface area is 178 Å². The topological polar surface area (TPSA) is 117 Å². The van der Waals surface area contributed by atoms with Gasteiger partial charge in [0.1, 0.15) is 11.0 Å². The molecule has 2 amide bonds. The van der Waals surface area contributed by atoms with E-state index in [-0.39, 0.29) is 11.8 Å². The van der Waals surface area contributed by atoms with Gasteiger partial charge in [-0.3, -0.25) is 15.1 Å². The second kappa shape index (κ2) is 9.00. The number of nitrogens with zero attached hydrogens (tertiary/aromatic N) is 3. The molecule has 1 atom stereocenters. The quantitative estimate of drug-likeness (QED) is 0.554. The Kier molecular flexibility index (Phi) is 6.41. The Hall–Kier alpha value is -3.33. The molecule has 156 valence electrons. The number of benzene rings is 1. The van der Waals surface area contributed by atoms with Crippen molar-refractivity contribution in [3.05, 3.63) is 59.9 Å². The first-order chi connectivity index (χ1) is 14.2. The van der Waals surface area contributed by atoms with Crippen molar-refractivity contribution in [1.29, 1.82) is 0 Å². The number of pyridine rings is 1. The number of hydrogen-bond donors (Lipinski definition) is 3. The molecule has 3 rings (SSSR count). The summed E-state index contributed by atoms with van der Waals surface area (Å²) in [7, 11) is 0. The molecule has 0 saturated carbocycles. The van der Waals surface area contributed by atoms with Gasteiger partial charge >= 0.3 is 6.09 Å². The van der Waals surface area contributed by atoms with Crippen LogP contribution in [0.2, 0.25) is 0 Å². The maximum atomic E-state index is 12.8. The number of rotatable bonds is 6. The minimum Gasteiger partial charge on any atom is -0.465 e. The van der Waals surface area contributed by atoms with Crippen LogP contribution in [-0.2, 0) is 16.6 Å². The van der Waals surface area contributed by atoms with Crippen LogP contribution in [0.15, 0.2) is 48.8 Å². The molecule has 2 heterocycles. The highest BCUT2D eigenvalue weighted by molar-refractivity contribution is 7.18. The molecular formula is C21H23N5O3S. The first kappa shape index (κ1) is 21.4. The fourth-order valence-corrected chi connectivity index (χ4v) is 3.59. The molecule has 1 aromatic carbocycles. The van der Waals surface area contributed by atoms with E-state index in [1.54, 1.807) is 24.5 Å². The molecule has 2 aromatic heterocycles. The molecule has 0 bridgehead atoms. The maximum absolute atomic E-state index is 12.8. The number of carbonyl (C=O) groups excluding carboxylic acids is 1. The van der Waals surface area contributed by atoms with Gasteiger partial charge in [-0.05, 0) is 28.7 Å². The van der Waals surface area contributed by atoms with Crippen LogP contribution >= 0.6 is 11.3 Å². The highest BCUT2D eigenvalue weighted by Gasteiger charge is 2.23. The first-order valence-corrected chi connectivity index (χ1v) is 10.2. The second-order valence-electron chi connectivity index (χ2n) is 7.79. The van der Waals surface area contributed by atoms with Crippen LogP contribution < -0.4 is 10.6 Å². The lowest BCUT2D eigenvalue weighted by Gasteiger charge is -2.21. The van der Waals surface area contributed by atoms with Gasteiger partial charge in [0, 0.05) is 24.4 Å². The highest BCUT2D eigenvalue weighted by atomic mass is 32.1. The van der Waals surface area contributed by atoms with Crippen molar-refractivity contribution < 1.29 is 14.7 Å². The number of carboxylic acid groups (broad SMARTS) is 1. The van der Waals surface area contributed by atoms with E-state index < -0.39 is 18.0 Å². The minimum absolute atomic E-state index is 0.0517. The molecule has 0 spiro atoms. The van der Waals surface area contributed by atoms with Gasteiger partial charge in [0.25, 0.3) is 0 Å². The first-order valence-electron chi connectivity index (χ1n) is 9.36. The Morgan fingerprint density at radius 1 is 1.13 bits per heavy atom. The van der Waals surface area contributed by atoms with E-state index in [0.29, 0.717) is 10.1 Å². The average Bonchev–Trinajstić information content (AvgIpc) is 3.16. The zero-order valence-corrected chi connectivity index (χ0v) is 17.7. The average molecular weight is 426 g/mol. The summed E-state index contributed by atoms with van der Waals surface area (Å²) in [4.78, 5) is 28.0. The lowest BCUT2D eigenvalue weighted by Crippen LogP contribution is -2.44. The summed E-state index contributed by atoms with van der Waals surface area (Å²) in [6.45, 7) is 6.30. The van der Waals surface area contributed by atoms with Gasteiger partial charge in [-0.15, -0.1) is 10.2 Å². The molecule has 0 fully saturated rings. The molecule has 8 nitrogen and oxygen atoms in total. The smallest absolute Gasteiger partial charge is 0.405 e. The van der Waals surface area contributed by atoms with Gasteiger partial charge in [0.2, 0.25) is 11.0 Å². The Bertz CT molecular complexity index is 1030. The SMILES string of the molecule is CC(C)(C)c1cccc(CC(NC(=O)O)C(=O)Nc2nnc(-c3ccncc3)s2)c1. The van der Waals surface area contributed by atoms with Gasteiger partial charge in [-0.2, -0.15) is 0 Å². The molecule has 0 radical (unpaired) electrons. The maximum Gasteiger partial charge on any atom is 0.405 e. The number of carbonyl (C=O) groups is 2. The van der Waals surface area contributed by atoms with Gasteiger partial charge in [0.15, 0.2) is 0 Å². The van der Waals surface area contributed by atoms with Crippen LogP contribution in [0, 0.1) is 0 Å². The Morgan fingerprint density at radius 2 is 1.87 bits per heavy atom. The standard InChI is InChI=1S/C21H23N5O3S/c1-21(2,3)15-6-4-5-13(11-15)12-16(23-20(28)29)17(27)24-19-26-25-18(30-19)14-7-9-22-10-8-14/h4-11,16,23H,12H2,1-3H3,(H,28,29)(H,24,26,27). The molecule has 3 aromatic rings. The van der Waals surface area contributed by atoms with Gasteiger partial charge in [0.05, 0.1) is 0 Å². The third-order valence-electron chi connectivity index (χ3n) is 4.43. The van der Waals surface area contributed by atoms with Crippen LogP contribution in [0.5, 0.6) is 0 Å². The molecule has 0 aliphatic carbocycles. The fourth-order valence-electron chi connectivity index (χ4n) is 2.84. The summed E-state index contributed by atoms with van der Waals surface area (Å²) in [6.07, 6.45) is 2.25. The monoisotopic (exact) mass is 425 g/mol. The molecule has 30 heavy (non-hydrogen) atoms. The van der Waals surface area contributed by atoms with Crippen molar-refractivity contribution in [2.75, 3.05) is 5.32 Å². The van der Waals surface area contributed by atoms with Crippen molar-refractivity contribution in [3.63, 3.8) is 0 Å². The summed E-state index contributed by atoms with van der Waals surface area (Å²) >= 11 is 1.21. The Balaban J connectivity index is 1.75. The van der Waals surface area contributed by atoms with Gasteiger partial charge in [-0.25, -0.2) is 4.79 Å². The number of nitrogens with one attached hydrogen (secondary N) is 2. The summed E-state index contributed by atoms with van der Waals surface area (Å²) in [6, 6.07) is 10.4. The van der Waals surface area contributed by atoms with Crippen molar-refractivity contribution in [3.8, 4) is 10.6 Å². The normalized spacial score (nSPS) is 12.2. The van der Waals surface area contributed by atoms with Crippen molar-refractivity contribution in [2.45, 2.75) is 38.6 Å². The van der Waals surface area contributed by atoms with Crippen molar-refractivity contribution in [1.82, 2.24) is 20.5 Å². The summed E-state index contributed by atoms with van der Waals surface area (Å²) in [5.74, 6) is -0.490. The largest absolute Gasteiger partial charge is 0.465 e. The van der Waals surface area contributed by atoms with Crippen LogP contribution in [0.4, 0.5) is 9.93 Å². The molecular weight excluding hydrogens is 402 g/mol. The summed E-state index contributed by atoms with van der Waals surface area (Å²) in [5.41, 5.74) is 2.76. The summed E-state index contributed by atoms with van der Waals surface area (Å²) in [5, 5.41) is 23.1. The zero-order valence-electron chi connectivity index (χ0n) is 16.9. The van der Waals surface area contributed by atoms with Crippen molar-refractivity contribution >= 4 is 28.5 Å². The molecule has 1 unspecified atom stereocenters.